The Balaban J connectivity index is 2.10. The SMILES string of the molecule is COCC(C)C1(CO)CC2CCC1C2. The summed E-state index contributed by atoms with van der Waals surface area (Å²) < 4.78 is 5.24. The molecule has 4 atom stereocenters. The van der Waals surface area contributed by atoms with Crippen molar-refractivity contribution in [2.24, 2.45) is 23.2 Å². The van der Waals surface area contributed by atoms with Crippen molar-refractivity contribution in [1.82, 2.24) is 0 Å². The zero-order chi connectivity index (χ0) is 10.2. The molecule has 2 fully saturated rings. The Morgan fingerprint density at radius 1 is 1.50 bits per heavy atom. The van der Waals surface area contributed by atoms with Gasteiger partial charge in [0.2, 0.25) is 0 Å². The number of aliphatic hydroxyl groups is 1. The molecule has 2 heteroatoms. The van der Waals surface area contributed by atoms with Gasteiger partial charge in [-0.15, -0.1) is 0 Å². The number of ether oxygens (including phenoxy) is 1. The summed E-state index contributed by atoms with van der Waals surface area (Å²) >= 11 is 0. The van der Waals surface area contributed by atoms with Crippen molar-refractivity contribution in [3.8, 4) is 0 Å². The van der Waals surface area contributed by atoms with Gasteiger partial charge >= 0.3 is 0 Å². The van der Waals surface area contributed by atoms with Crippen LogP contribution in [0, 0.1) is 23.2 Å². The maximum absolute atomic E-state index is 9.68. The van der Waals surface area contributed by atoms with E-state index < -0.39 is 0 Å². The molecule has 2 aliphatic rings. The summed E-state index contributed by atoms with van der Waals surface area (Å²) in [6, 6.07) is 0. The van der Waals surface area contributed by atoms with Crippen LogP contribution >= 0.6 is 0 Å². The summed E-state index contributed by atoms with van der Waals surface area (Å²) in [7, 11) is 1.76. The predicted octanol–water partition coefficient (Wildman–Crippen LogP) is 2.07. The molecule has 4 unspecified atom stereocenters. The summed E-state index contributed by atoms with van der Waals surface area (Å²) in [5.74, 6) is 2.17. The quantitative estimate of drug-likeness (QED) is 0.749. The smallest absolute Gasteiger partial charge is 0.0494 e. The first-order valence-electron chi connectivity index (χ1n) is 5.82. The highest BCUT2D eigenvalue weighted by Gasteiger charge is 2.53. The lowest BCUT2D eigenvalue weighted by Gasteiger charge is -2.41. The maximum atomic E-state index is 9.68. The van der Waals surface area contributed by atoms with Gasteiger partial charge in [0.15, 0.2) is 0 Å². The number of rotatable bonds is 4. The van der Waals surface area contributed by atoms with E-state index in [-0.39, 0.29) is 5.41 Å². The van der Waals surface area contributed by atoms with E-state index in [1.807, 2.05) is 0 Å². The summed E-state index contributed by atoms with van der Waals surface area (Å²) in [4.78, 5) is 0. The summed E-state index contributed by atoms with van der Waals surface area (Å²) in [6.07, 6.45) is 5.32. The lowest BCUT2D eigenvalue weighted by molar-refractivity contribution is -0.0189. The molecule has 82 valence electrons. The van der Waals surface area contributed by atoms with Crippen molar-refractivity contribution in [3.05, 3.63) is 0 Å². The number of aliphatic hydroxyl groups excluding tert-OH is 1. The highest BCUT2D eigenvalue weighted by molar-refractivity contribution is 5.02. The van der Waals surface area contributed by atoms with Crippen LogP contribution < -0.4 is 0 Å². The monoisotopic (exact) mass is 198 g/mol. The number of fused-ring (bicyclic) bond motifs is 2. The van der Waals surface area contributed by atoms with Crippen LogP contribution in [0.15, 0.2) is 0 Å². The van der Waals surface area contributed by atoms with Crippen molar-refractivity contribution in [2.75, 3.05) is 20.3 Å². The first-order valence-corrected chi connectivity index (χ1v) is 5.82. The van der Waals surface area contributed by atoms with Crippen LogP contribution in [0.5, 0.6) is 0 Å². The van der Waals surface area contributed by atoms with Crippen molar-refractivity contribution in [3.63, 3.8) is 0 Å². The van der Waals surface area contributed by atoms with Gasteiger partial charge in [0.05, 0.1) is 0 Å². The van der Waals surface area contributed by atoms with E-state index in [1.165, 1.54) is 25.7 Å². The molecule has 2 aliphatic carbocycles. The van der Waals surface area contributed by atoms with Crippen LogP contribution in [0.2, 0.25) is 0 Å². The van der Waals surface area contributed by atoms with E-state index in [9.17, 15) is 5.11 Å². The van der Waals surface area contributed by atoms with Crippen LogP contribution in [-0.4, -0.2) is 25.4 Å². The average Bonchev–Trinajstić information content (AvgIpc) is 2.77. The Bertz CT molecular complexity index is 204. The minimum Gasteiger partial charge on any atom is -0.396 e. The highest BCUT2D eigenvalue weighted by Crippen LogP contribution is 2.58. The molecular formula is C12H22O2. The van der Waals surface area contributed by atoms with E-state index in [0.717, 1.165) is 18.4 Å². The average molecular weight is 198 g/mol. The Labute approximate surface area is 86.6 Å². The van der Waals surface area contributed by atoms with Crippen LogP contribution in [-0.2, 0) is 4.74 Å². The first-order chi connectivity index (χ1) is 6.73. The molecule has 14 heavy (non-hydrogen) atoms. The molecule has 0 aromatic heterocycles. The van der Waals surface area contributed by atoms with Gasteiger partial charge in [0, 0.05) is 25.7 Å². The summed E-state index contributed by atoms with van der Waals surface area (Å²) in [6.45, 7) is 3.39. The fourth-order valence-electron chi connectivity index (χ4n) is 3.86. The van der Waals surface area contributed by atoms with Crippen LogP contribution in [0.25, 0.3) is 0 Å². The van der Waals surface area contributed by atoms with E-state index in [2.05, 4.69) is 6.92 Å². The normalized spacial score (nSPS) is 43.1. The Morgan fingerprint density at radius 3 is 2.71 bits per heavy atom. The Morgan fingerprint density at radius 2 is 2.29 bits per heavy atom. The molecule has 0 radical (unpaired) electrons. The summed E-state index contributed by atoms with van der Waals surface area (Å²) in [5, 5.41) is 9.68. The fraction of sp³-hybridized carbons (Fsp3) is 1.00. The molecule has 1 N–H and O–H groups in total. The molecule has 0 heterocycles. The maximum Gasteiger partial charge on any atom is 0.0494 e. The molecule has 0 aromatic carbocycles. The topological polar surface area (TPSA) is 29.5 Å². The molecule has 0 amide bonds. The van der Waals surface area contributed by atoms with Crippen molar-refractivity contribution in [1.29, 1.82) is 0 Å². The molecule has 2 saturated carbocycles. The third-order valence-corrected chi connectivity index (χ3v) is 4.72. The molecular weight excluding hydrogens is 176 g/mol. The Kier molecular flexibility index (Phi) is 2.85. The van der Waals surface area contributed by atoms with Crippen LogP contribution in [0.3, 0.4) is 0 Å². The number of methoxy groups -OCH3 is 1. The van der Waals surface area contributed by atoms with Crippen molar-refractivity contribution < 1.29 is 9.84 Å². The van der Waals surface area contributed by atoms with Crippen molar-refractivity contribution >= 4 is 0 Å². The lowest BCUT2D eigenvalue weighted by Crippen LogP contribution is -2.40. The van der Waals surface area contributed by atoms with Gasteiger partial charge in [-0.3, -0.25) is 0 Å². The molecule has 0 aromatic rings. The zero-order valence-corrected chi connectivity index (χ0v) is 9.33. The van der Waals surface area contributed by atoms with E-state index in [4.69, 9.17) is 4.74 Å². The minimum atomic E-state index is 0.193. The van der Waals surface area contributed by atoms with Crippen LogP contribution in [0.4, 0.5) is 0 Å². The minimum absolute atomic E-state index is 0.193. The third-order valence-electron chi connectivity index (χ3n) is 4.72. The highest BCUT2D eigenvalue weighted by atomic mass is 16.5. The molecule has 0 saturated heterocycles. The second-order valence-corrected chi connectivity index (χ2v) is 5.33. The number of hydrogen-bond acceptors (Lipinski definition) is 2. The van der Waals surface area contributed by atoms with Gasteiger partial charge in [-0.1, -0.05) is 13.3 Å². The lowest BCUT2D eigenvalue weighted by atomic mass is 9.66. The zero-order valence-electron chi connectivity index (χ0n) is 9.33. The largest absolute Gasteiger partial charge is 0.396 e. The second-order valence-electron chi connectivity index (χ2n) is 5.33. The van der Waals surface area contributed by atoms with Gasteiger partial charge in [0.25, 0.3) is 0 Å². The standard InChI is InChI=1S/C12H22O2/c1-9(7-14-2)12(8-13)6-10-3-4-11(12)5-10/h9-11,13H,3-8H2,1-2H3. The third kappa shape index (κ3) is 1.40. The second kappa shape index (κ2) is 3.82. The van der Waals surface area contributed by atoms with Gasteiger partial charge in [0.1, 0.15) is 0 Å². The first kappa shape index (κ1) is 10.4. The molecule has 0 spiro atoms. The molecule has 0 aliphatic heterocycles. The molecule has 2 bridgehead atoms. The fourth-order valence-corrected chi connectivity index (χ4v) is 3.86. The van der Waals surface area contributed by atoms with E-state index in [1.54, 1.807) is 7.11 Å². The Hall–Kier alpha value is -0.0800. The van der Waals surface area contributed by atoms with Gasteiger partial charge in [-0.2, -0.15) is 0 Å². The van der Waals surface area contributed by atoms with Gasteiger partial charge in [-0.25, -0.2) is 0 Å². The van der Waals surface area contributed by atoms with E-state index in [0.29, 0.717) is 12.5 Å². The van der Waals surface area contributed by atoms with E-state index >= 15 is 0 Å². The molecule has 2 nitrogen and oxygen atoms in total. The van der Waals surface area contributed by atoms with Crippen LogP contribution in [0.1, 0.15) is 32.6 Å². The predicted molar refractivity (Wildman–Crippen MR) is 56.0 cm³/mol. The molecule has 2 rings (SSSR count). The number of hydrogen-bond donors (Lipinski definition) is 1. The summed E-state index contributed by atoms with van der Waals surface area (Å²) in [5.41, 5.74) is 0.193. The van der Waals surface area contributed by atoms with Gasteiger partial charge in [-0.05, 0) is 37.0 Å². The van der Waals surface area contributed by atoms with Crippen molar-refractivity contribution in [2.45, 2.75) is 32.6 Å². The van der Waals surface area contributed by atoms with Gasteiger partial charge < -0.3 is 9.84 Å².